The van der Waals surface area contributed by atoms with Gasteiger partial charge in [-0.1, -0.05) is 13.8 Å². The van der Waals surface area contributed by atoms with Gasteiger partial charge in [0.25, 0.3) is 0 Å². The predicted molar refractivity (Wildman–Crippen MR) is 104 cm³/mol. The van der Waals surface area contributed by atoms with Crippen LogP contribution in [0.25, 0.3) is 27.8 Å². The monoisotopic (exact) mass is 384 g/mol. The van der Waals surface area contributed by atoms with E-state index in [0.29, 0.717) is 45.1 Å². The summed E-state index contributed by atoms with van der Waals surface area (Å²) in [6, 6.07) is 0. The van der Waals surface area contributed by atoms with Crippen molar-refractivity contribution in [1.82, 2.24) is 24.6 Å². The van der Waals surface area contributed by atoms with Crippen molar-refractivity contribution in [2.75, 3.05) is 11.6 Å². The first-order valence-corrected chi connectivity index (χ1v) is 9.55. The molecule has 0 aliphatic rings. The zero-order chi connectivity index (χ0) is 19.1. The van der Waals surface area contributed by atoms with Crippen LogP contribution >= 0.6 is 11.8 Å². The SMILES string of the molecule is CSc1c(F)c(C(C)C)c2[nH]ncc2c1-c1cn2cc(NC=O)nc2cn1. The molecule has 7 nitrogen and oxygen atoms in total. The second-order valence-corrected chi connectivity index (χ2v) is 7.19. The van der Waals surface area contributed by atoms with E-state index in [1.807, 2.05) is 20.1 Å². The first kappa shape index (κ1) is 17.5. The van der Waals surface area contributed by atoms with E-state index in [2.05, 4.69) is 25.5 Å². The van der Waals surface area contributed by atoms with Crippen molar-refractivity contribution in [3.63, 3.8) is 0 Å². The summed E-state index contributed by atoms with van der Waals surface area (Å²) in [6.45, 7) is 3.92. The van der Waals surface area contributed by atoms with Crippen LogP contribution < -0.4 is 5.32 Å². The number of nitrogens with zero attached hydrogens (tertiary/aromatic N) is 4. The van der Waals surface area contributed by atoms with Gasteiger partial charge in [0.1, 0.15) is 5.82 Å². The summed E-state index contributed by atoms with van der Waals surface area (Å²) in [7, 11) is 0. The number of hydrogen-bond acceptors (Lipinski definition) is 5. The van der Waals surface area contributed by atoms with Crippen LogP contribution in [0.1, 0.15) is 25.3 Å². The highest BCUT2D eigenvalue weighted by Gasteiger charge is 2.24. The number of nitrogens with one attached hydrogen (secondary N) is 2. The molecule has 138 valence electrons. The zero-order valence-corrected chi connectivity index (χ0v) is 15.8. The standard InChI is InChI=1S/C18H17FN6OS/c1-9(2)14-16(19)18(27-3)15(10-4-22-24-17(10)14)11-6-25-7-12(21-8-26)23-13(25)5-20-11/h4-9H,1-3H3,(H,21,26)(H,22,24). The number of aromatic nitrogens is 5. The third-order valence-corrected chi connectivity index (χ3v) is 5.22. The fourth-order valence-corrected chi connectivity index (χ4v) is 4.00. The van der Waals surface area contributed by atoms with Gasteiger partial charge >= 0.3 is 0 Å². The summed E-state index contributed by atoms with van der Waals surface area (Å²) in [4.78, 5) is 19.9. The topological polar surface area (TPSA) is 88.0 Å². The molecule has 0 atom stereocenters. The molecule has 0 saturated carbocycles. The van der Waals surface area contributed by atoms with E-state index in [1.54, 1.807) is 29.2 Å². The molecule has 0 radical (unpaired) electrons. The Bertz CT molecular complexity index is 1170. The number of rotatable bonds is 5. The van der Waals surface area contributed by atoms with E-state index >= 15 is 4.39 Å². The summed E-state index contributed by atoms with van der Waals surface area (Å²) in [5.41, 5.74) is 3.18. The van der Waals surface area contributed by atoms with Crippen LogP contribution in [0.2, 0.25) is 0 Å². The number of imidazole rings is 1. The third kappa shape index (κ3) is 2.74. The first-order chi connectivity index (χ1) is 13.0. The minimum atomic E-state index is -0.250. The van der Waals surface area contributed by atoms with Crippen LogP contribution in [0.4, 0.5) is 10.2 Å². The van der Waals surface area contributed by atoms with Crippen LogP contribution in [0.5, 0.6) is 0 Å². The Kier molecular flexibility index (Phi) is 4.31. The van der Waals surface area contributed by atoms with Crippen molar-refractivity contribution in [2.24, 2.45) is 0 Å². The normalized spacial score (nSPS) is 11.6. The van der Waals surface area contributed by atoms with Gasteiger partial charge in [-0.15, -0.1) is 11.8 Å². The molecule has 0 saturated heterocycles. The molecule has 4 aromatic rings. The lowest BCUT2D eigenvalue weighted by atomic mass is 9.96. The van der Waals surface area contributed by atoms with Gasteiger partial charge in [0.15, 0.2) is 11.5 Å². The van der Waals surface area contributed by atoms with Crippen molar-refractivity contribution in [2.45, 2.75) is 24.7 Å². The van der Waals surface area contributed by atoms with Gasteiger partial charge in [0.05, 0.1) is 34.7 Å². The van der Waals surface area contributed by atoms with Crippen molar-refractivity contribution >= 4 is 40.5 Å². The van der Waals surface area contributed by atoms with E-state index in [9.17, 15) is 4.79 Å². The molecule has 1 aromatic carbocycles. The number of carbonyl (C=O) groups excluding carboxylic acids is 1. The smallest absolute Gasteiger partial charge is 0.212 e. The largest absolute Gasteiger partial charge is 0.312 e. The summed E-state index contributed by atoms with van der Waals surface area (Å²) in [6.07, 6.45) is 9.16. The zero-order valence-electron chi connectivity index (χ0n) is 14.9. The number of benzene rings is 1. The average molecular weight is 384 g/mol. The minimum Gasteiger partial charge on any atom is -0.312 e. The lowest BCUT2D eigenvalue weighted by molar-refractivity contribution is -0.105. The highest BCUT2D eigenvalue weighted by atomic mass is 32.2. The highest BCUT2D eigenvalue weighted by molar-refractivity contribution is 7.98. The van der Waals surface area contributed by atoms with Crippen LogP contribution in [0.3, 0.4) is 0 Å². The van der Waals surface area contributed by atoms with Crippen LogP contribution in [-0.4, -0.2) is 37.2 Å². The number of carbonyl (C=O) groups is 1. The first-order valence-electron chi connectivity index (χ1n) is 8.32. The number of aromatic amines is 1. The maximum Gasteiger partial charge on any atom is 0.212 e. The Morgan fingerprint density at radius 2 is 2.15 bits per heavy atom. The van der Waals surface area contributed by atoms with Gasteiger partial charge in [-0.25, -0.2) is 9.37 Å². The number of hydrogen-bond donors (Lipinski definition) is 2. The molecule has 1 amide bonds. The van der Waals surface area contributed by atoms with Crippen molar-refractivity contribution in [3.05, 3.63) is 36.2 Å². The fraction of sp³-hybridized carbons (Fsp3) is 0.222. The highest BCUT2D eigenvalue weighted by Crippen LogP contribution is 2.41. The molecule has 3 heterocycles. The molecule has 3 aromatic heterocycles. The van der Waals surface area contributed by atoms with Crippen molar-refractivity contribution < 1.29 is 9.18 Å². The van der Waals surface area contributed by atoms with Gasteiger partial charge in [-0.3, -0.25) is 14.9 Å². The molecule has 0 aliphatic carbocycles. The second-order valence-electron chi connectivity index (χ2n) is 6.38. The molecule has 0 bridgehead atoms. The number of halogens is 1. The maximum atomic E-state index is 15.3. The summed E-state index contributed by atoms with van der Waals surface area (Å²) >= 11 is 1.35. The molecule has 0 aliphatic heterocycles. The maximum absolute atomic E-state index is 15.3. The third-order valence-electron chi connectivity index (χ3n) is 4.43. The van der Waals surface area contributed by atoms with Gasteiger partial charge in [-0.2, -0.15) is 5.10 Å². The fourth-order valence-electron chi connectivity index (χ4n) is 3.29. The van der Waals surface area contributed by atoms with Crippen LogP contribution in [-0.2, 0) is 4.79 Å². The number of thioether (sulfide) groups is 1. The molecular weight excluding hydrogens is 367 g/mol. The van der Waals surface area contributed by atoms with E-state index in [4.69, 9.17) is 0 Å². The van der Waals surface area contributed by atoms with Gasteiger partial charge in [0.2, 0.25) is 6.41 Å². The van der Waals surface area contributed by atoms with Crippen molar-refractivity contribution in [3.8, 4) is 11.3 Å². The van der Waals surface area contributed by atoms with Crippen LogP contribution in [0, 0.1) is 5.82 Å². The second kappa shape index (κ2) is 6.66. The Morgan fingerprint density at radius 1 is 1.33 bits per heavy atom. The molecule has 27 heavy (non-hydrogen) atoms. The Morgan fingerprint density at radius 3 is 2.85 bits per heavy atom. The molecule has 0 spiro atoms. The lowest BCUT2D eigenvalue weighted by Gasteiger charge is -2.16. The molecule has 4 rings (SSSR count). The lowest BCUT2D eigenvalue weighted by Crippen LogP contribution is -2.01. The van der Waals surface area contributed by atoms with E-state index in [0.717, 1.165) is 5.39 Å². The molecular formula is C18H17FN6OS. The van der Waals surface area contributed by atoms with Gasteiger partial charge in [-0.05, 0) is 12.2 Å². The summed E-state index contributed by atoms with van der Waals surface area (Å²) in [5, 5.41) is 10.4. The quantitative estimate of drug-likeness (QED) is 0.403. The summed E-state index contributed by atoms with van der Waals surface area (Å²) in [5.74, 6) is 0.179. The number of H-pyrrole nitrogens is 1. The Hall–Kier alpha value is -2.94. The van der Waals surface area contributed by atoms with E-state index in [1.165, 1.54) is 11.8 Å². The molecule has 2 N–H and O–H groups in total. The predicted octanol–water partition coefficient (Wildman–Crippen LogP) is 3.83. The summed E-state index contributed by atoms with van der Waals surface area (Å²) < 4.78 is 17.1. The number of anilines is 1. The molecule has 0 fully saturated rings. The Balaban J connectivity index is 2.01. The van der Waals surface area contributed by atoms with Crippen molar-refractivity contribution in [1.29, 1.82) is 0 Å². The number of fused-ring (bicyclic) bond motifs is 2. The minimum absolute atomic E-state index is 0.00830. The van der Waals surface area contributed by atoms with Crippen LogP contribution in [0.15, 0.2) is 29.7 Å². The van der Waals surface area contributed by atoms with Gasteiger partial charge in [0, 0.05) is 22.7 Å². The molecule has 0 unspecified atom stereocenters. The molecule has 9 heteroatoms. The van der Waals surface area contributed by atoms with E-state index < -0.39 is 0 Å². The van der Waals surface area contributed by atoms with Gasteiger partial charge < -0.3 is 9.72 Å². The number of amides is 1. The van der Waals surface area contributed by atoms with E-state index in [-0.39, 0.29) is 11.7 Å². The Labute approximate surface area is 158 Å². The average Bonchev–Trinajstić information content (AvgIpc) is 3.26.